The molecule has 1 fully saturated rings. The van der Waals surface area contributed by atoms with Crippen LogP contribution in [0.3, 0.4) is 0 Å². The molecule has 10 heteroatoms. The van der Waals surface area contributed by atoms with Gasteiger partial charge in [0.15, 0.2) is 5.13 Å². The van der Waals surface area contributed by atoms with Crippen LogP contribution >= 0.6 is 22.7 Å². The maximum Gasteiger partial charge on any atom is 0.253 e. The predicted octanol–water partition coefficient (Wildman–Crippen LogP) is 4.50. The van der Waals surface area contributed by atoms with Crippen LogP contribution in [0.4, 0.5) is 5.13 Å². The second kappa shape index (κ2) is 10.4. The zero-order chi connectivity index (χ0) is 24.5. The van der Waals surface area contributed by atoms with Crippen LogP contribution in [0, 0.1) is 13.8 Å². The molecule has 3 heterocycles. The number of rotatable bonds is 9. The number of aromatic nitrogens is 1. The largest absolute Gasteiger partial charge is 0.302 e. The number of fused-ring (bicyclic) bond motifs is 1. The number of hydrogen-bond acceptors (Lipinski definition) is 7. The zero-order valence-corrected chi connectivity index (χ0v) is 22.6. The summed E-state index contributed by atoms with van der Waals surface area (Å²) in [6.45, 7) is 11.7. The molecule has 7 nitrogen and oxygen atoms in total. The van der Waals surface area contributed by atoms with Crippen LogP contribution in [0.2, 0.25) is 0 Å². The molecule has 34 heavy (non-hydrogen) atoms. The second-order valence-corrected chi connectivity index (χ2v) is 12.7. The fraction of sp³-hybridized carbons (Fsp3) is 0.500. The SMILES string of the molecule is CCN(CC)CCN(C(=O)C1CCCN1S(=O)(=O)c1cccs1)c1nc2cc(C)c(C)cc2s1. The van der Waals surface area contributed by atoms with Crippen molar-refractivity contribution in [1.82, 2.24) is 14.2 Å². The molecule has 1 atom stereocenters. The molecular weight excluding hydrogens is 488 g/mol. The molecule has 3 aromatic rings. The van der Waals surface area contributed by atoms with Crippen molar-refractivity contribution in [3.8, 4) is 0 Å². The number of carbonyl (C=O) groups excluding carboxylic acids is 1. The van der Waals surface area contributed by atoms with E-state index < -0.39 is 16.1 Å². The molecule has 1 aliphatic heterocycles. The van der Waals surface area contributed by atoms with Crippen molar-refractivity contribution in [2.75, 3.05) is 37.6 Å². The Morgan fingerprint density at radius 2 is 1.91 bits per heavy atom. The highest BCUT2D eigenvalue weighted by Crippen LogP contribution is 2.34. The van der Waals surface area contributed by atoms with Gasteiger partial charge in [-0.15, -0.1) is 11.3 Å². The molecule has 1 amide bonds. The van der Waals surface area contributed by atoms with Gasteiger partial charge in [-0.1, -0.05) is 31.3 Å². The molecule has 0 spiro atoms. The average Bonchev–Trinajstić information content (AvgIpc) is 3.58. The minimum atomic E-state index is -3.70. The third-order valence-corrected chi connectivity index (χ3v) is 10.9. The first-order valence-electron chi connectivity index (χ1n) is 11.7. The summed E-state index contributed by atoms with van der Waals surface area (Å²) in [5.41, 5.74) is 3.22. The molecule has 1 unspecified atom stereocenters. The minimum Gasteiger partial charge on any atom is -0.302 e. The molecule has 184 valence electrons. The highest BCUT2D eigenvalue weighted by Gasteiger charge is 2.42. The van der Waals surface area contributed by atoms with E-state index in [1.165, 1.54) is 32.5 Å². The van der Waals surface area contributed by atoms with E-state index >= 15 is 0 Å². The van der Waals surface area contributed by atoms with E-state index in [0.29, 0.717) is 37.6 Å². The van der Waals surface area contributed by atoms with Crippen LogP contribution in [0.5, 0.6) is 0 Å². The first-order valence-corrected chi connectivity index (χ1v) is 14.9. The Kier molecular flexibility index (Phi) is 7.73. The summed E-state index contributed by atoms with van der Waals surface area (Å²) >= 11 is 2.69. The molecule has 1 aromatic carbocycles. The lowest BCUT2D eigenvalue weighted by Crippen LogP contribution is -2.49. The summed E-state index contributed by atoms with van der Waals surface area (Å²) in [6.07, 6.45) is 1.19. The van der Waals surface area contributed by atoms with Gasteiger partial charge >= 0.3 is 0 Å². The predicted molar refractivity (Wildman–Crippen MR) is 140 cm³/mol. The zero-order valence-electron chi connectivity index (χ0n) is 20.2. The standard InChI is InChI=1S/C24H32N4O3S3/c1-5-26(6-2)12-13-27(24-25-19-15-17(3)18(4)16-21(19)33-24)23(29)20-9-7-11-28(20)34(30,31)22-10-8-14-32-22/h8,10,14-16,20H,5-7,9,11-13H2,1-4H3. The summed E-state index contributed by atoms with van der Waals surface area (Å²) in [5.74, 6) is -0.183. The Hall–Kier alpha value is -1.85. The van der Waals surface area contributed by atoms with E-state index in [2.05, 4.69) is 44.7 Å². The van der Waals surface area contributed by atoms with Crippen molar-refractivity contribution >= 4 is 54.0 Å². The molecular formula is C24H32N4O3S3. The molecule has 0 bridgehead atoms. The smallest absolute Gasteiger partial charge is 0.253 e. The average molecular weight is 521 g/mol. The summed E-state index contributed by atoms with van der Waals surface area (Å²) in [6, 6.07) is 6.80. The fourth-order valence-electron chi connectivity index (χ4n) is 4.34. The second-order valence-electron chi connectivity index (χ2n) is 8.62. The normalized spacial score (nSPS) is 17.1. The number of amides is 1. The number of likely N-dealkylation sites (N-methyl/N-ethyl adjacent to an activating group) is 1. The maximum absolute atomic E-state index is 13.9. The topological polar surface area (TPSA) is 73.8 Å². The Labute approximate surface area is 210 Å². The molecule has 0 aliphatic carbocycles. The Balaban J connectivity index is 1.69. The van der Waals surface area contributed by atoms with Crippen LogP contribution in [-0.4, -0.2) is 67.3 Å². The Morgan fingerprint density at radius 3 is 2.59 bits per heavy atom. The number of benzene rings is 1. The Bertz CT molecular complexity index is 1210. The lowest BCUT2D eigenvalue weighted by atomic mass is 10.1. The fourth-order valence-corrected chi connectivity index (χ4v) is 8.19. The van der Waals surface area contributed by atoms with Gasteiger partial charge < -0.3 is 4.90 Å². The van der Waals surface area contributed by atoms with E-state index in [1.54, 1.807) is 22.4 Å². The Morgan fingerprint density at radius 1 is 1.18 bits per heavy atom. The summed E-state index contributed by atoms with van der Waals surface area (Å²) < 4.78 is 29.3. The van der Waals surface area contributed by atoms with Gasteiger partial charge in [-0.25, -0.2) is 13.4 Å². The van der Waals surface area contributed by atoms with Crippen LogP contribution < -0.4 is 4.90 Å². The van der Waals surface area contributed by atoms with Gasteiger partial charge in [0.1, 0.15) is 10.3 Å². The van der Waals surface area contributed by atoms with Crippen molar-refractivity contribution in [2.45, 2.75) is 50.8 Å². The number of carbonyl (C=O) groups is 1. The van der Waals surface area contributed by atoms with Crippen molar-refractivity contribution in [3.05, 3.63) is 40.8 Å². The van der Waals surface area contributed by atoms with Crippen LogP contribution in [0.15, 0.2) is 33.9 Å². The van der Waals surface area contributed by atoms with Gasteiger partial charge in [0.05, 0.1) is 10.2 Å². The molecule has 0 N–H and O–H groups in total. The van der Waals surface area contributed by atoms with Crippen molar-refractivity contribution in [3.63, 3.8) is 0 Å². The van der Waals surface area contributed by atoms with E-state index in [4.69, 9.17) is 4.98 Å². The lowest BCUT2D eigenvalue weighted by Gasteiger charge is -2.29. The third kappa shape index (κ3) is 4.92. The molecule has 1 aliphatic rings. The van der Waals surface area contributed by atoms with E-state index in [-0.39, 0.29) is 10.1 Å². The van der Waals surface area contributed by atoms with Gasteiger partial charge in [-0.3, -0.25) is 9.69 Å². The number of nitrogens with zero attached hydrogens (tertiary/aromatic N) is 4. The van der Waals surface area contributed by atoms with E-state index in [9.17, 15) is 13.2 Å². The van der Waals surface area contributed by atoms with Crippen LogP contribution in [0.25, 0.3) is 10.2 Å². The molecule has 4 rings (SSSR count). The maximum atomic E-state index is 13.9. The van der Waals surface area contributed by atoms with Gasteiger partial charge in [0.2, 0.25) is 5.91 Å². The van der Waals surface area contributed by atoms with E-state index in [0.717, 1.165) is 28.9 Å². The van der Waals surface area contributed by atoms with E-state index in [1.807, 2.05) is 0 Å². The molecule has 1 saturated heterocycles. The summed E-state index contributed by atoms with van der Waals surface area (Å²) in [7, 11) is -3.70. The minimum absolute atomic E-state index is 0.183. The summed E-state index contributed by atoms with van der Waals surface area (Å²) in [4.78, 5) is 22.7. The third-order valence-electron chi connectivity index (χ3n) is 6.57. The van der Waals surface area contributed by atoms with Gasteiger partial charge in [-0.2, -0.15) is 4.31 Å². The quantitative estimate of drug-likeness (QED) is 0.415. The van der Waals surface area contributed by atoms with Gasteiger partial charge in [-0.05, 0) is 74.5 Å². The first-order chi connectivity index (χ1) is 16.3. The van der Waals surface area contributed by atoms with Gasteiger partial charge in [0.25, 0.3) is 10.0 Å². The van der Waals surface area contributed by atoms with Crippen LogP contribution in [0.1, 0.15) is 37.8 Å². The first kappa shape index (κ1) is 25.2. The monoisotopic (exact) mass is 520 g/mol. The number of anilines is 1. The highest BCUT2D eigenvalue weighted by molar-refractivity contribution is 7.91. The molecule has 0 radical (unpaired) electrons. The number of thiophene rings is 1. The van der Waals surface area contributed by atoms with Crippen molar-refractivity contribution < 1.29 is 13.2 Å². The van der Waals surface area contributed by atoms with Gasteiger partial charge in [0, 0.05) is 19.6 Å². The number of sulfonamides is 1. The lowest BCUT2D eigenvalue weighted by molar-refractivity contribution is -0.121. The van der Waals surface area contributed by atoms with Crippen molar-refractivity contribution in [1.29, 1.82) is 0 Å². The van der Waals surface area contributed by atoms with Crippen LogP contribution in [-0.2, 0) is 14.8 Å². The van der Waals surface area contributed by atoms with Crippen molar-refractivity contribution in [2.24, 2.45) is 0 Å². The number of hydrogen-bond donors (Lipinski definition) is 0. The summed E-state index contributed by atoms with van der Waals surface area (Å²) in [5, 5.41) is 2.39. The highest BCUT2D eigenvalue weighted by atomic mass is 32.2. The molecule has 2 aromatic heterocycles. The number of aryl methyl sites for hydroxylation is 2. The number of thiazole rings is 1. The molecule has 0 saturated carbocycles.